The maximum Gasteiger partial charge on any atom is 0.261 e. The van der Waals surface area contributed by atoms with E-state index < -0.39 is 0 Å². The van der Waals surface area contributed by atoms with Gasteiger partial charge in [-0.15, -0.1) is 11.3 Å². The number of carbonyl (C=O) groups excluding carboxylic acids is 1. The standard InChI is InChI=1S/C18H22N2OS/c21-18(17-6-4-14-22-17)19-11-3-5-15-7-9-16(10-8-15)20-12-1-2-13-20/h4,6-10,14H,1-3,5,11-13H2,(H,19,21). The average molecular weight is 314 g/mol. The van der Waals surface area contributed by atoms with Crippen LogP contribution in [0.1, 0.15) is 34.5 Å². The molecule has 3 rings (SSSR count). The van der Waals surface area contributed by atoms with Crippen LogP contribution in [-0.4, -0.2) is 25.5 Å². The molecule has 22 heavy (non-hydrogen) atoms. The molecular formula is C18H22N2OS. The highest BCUT2D eigenvalue weighted by atomic mass is 32.1. The topological polar surface area (TPSA) is 32.3 Å². The first-order valence-corrected chi connectivity index (χ1v) is 8.86. The summed E-state index contributed by atoms with van der Waals surface area (Å²) in [7, 11) is 0. The number of benzene rings is 1. The van der Waals surface area contributed by atoms with Crippen molar-refractivity contribution >= 4 is 22.9 Å². The van der Waals surface area contributed by atoms with Crippen molar-refractivity contribution < 1.29 is 4.79 Å². The maximum absolute atomic E-state index is 11.8. The Balaban J connectivity index is 1.41. The van der Waals surface area contributed by atoms with Gasteiger partial charge >= 0.3 is 0 Å². The number of carbonyl (C=O) groups is 1. The summed E-state index contributed by atoms with van der Waals surface area (Å²) >= 11 is 1.48. The van der Waals surface area contributed by atoms with E-state index in [2.05, 4.69) is 34.5 Å². The number of nitrogens with one attached hydrogen (secondary N) is 1. The number of anilines is 1. The molecule has 1 fully saturated rings. The Morgan fingerprint density at radius 3 is 2.59 bits per heavy atom. The lowest BCUT2D eigenvalue weighted by atomic mass is 10.1. The molecule has 0 unspecified atom stereocenters. The fraction of sp³-hybridized carbons (Fsp3) is 0.389. The van der Waals surface area contributed by atoms with Crippen LogP contribution in [0.5, 0.6) is 0 Å². The number of hydrogen-bond acceptors (Lipinski definition) is 3. The summed E-state index contributed by atoms with van der Waals surface area (Å²) in [6.07, 6.45) is 4.60. The predicted molar refractivity (Wildman–Crippen MR) is 92.9 cm³/mol. The van der Waals surface area contributed by atoms with Gasteiger partial charge in [0.25, 0.3) is 5.91 Å². The van der Waals surface area contributed by atoms with Crippen LogP contribution in [0.3, 0.4) is 0 Å². The number of thiophene rings is 1. The van der Waals surface area contributed by atoms with Crippen LogP contribution >= 0.6 is 11.3 Å². The zero-order valence-corrected chi connectivity index (χ0v) is 13.6. The molecule has 0 aliphatic carbocycles. The Hall–Kier alpha value is -1.81. The highest BCUT2D eigenvalue weighted by molar-refractivity contribution is 7.12. The van der Waals surface area contributed by atoms with Crippen molar-refractivity contribution in [1.82, 2.24) is 5.32 Å². The molecule has 1 amide bonds. The third kappa shape index (κ3) is 3.89. The first-order valence-electron chi connectivity index (χ1n) is 7.98. The second kappa shape index (κ2) is 7.45. The van der Waals surface area contributed by atoms with E-state index in [9.17, 15) is 4.79 Å². The summed E-state index contributed by atoms with van der Waals surface area (Å²) in [6.45, 7) is 3.10. The molecule has 1 saturated heterocycles. The van der Waals surface area contributed by atoms with Gasteiger partial charge in [0.2, 0.25) is 0 Å². The van der Waals surface area contributed by atoms with Gasteiger partial charge in [0, 0.05) is 25.3 Å². The Bertz CT molecular complexity index is 586. The fourth-order valence-electron chi connectivity index (χ4n) is 2.84. The summed E-state index contributed by atoms with van der Waals surface area (Å²) in [5, 5.41) is 4.90. The highest BCUT2D eigenvalue weighted by Crippen LogP contribution is 2.20. The monoisotopic (exact) mass is 314 g/mol. The molecule has 4 heteroatoms. The second-order valence-corrected chi connectivity index (χ2v) is 6.65. The molecule has 1 aliphatic heterocycles. The third-order valence-electron chi connectivity index (χ3n) is 4.08. The number of rotatable bonds is 6. The Morgan fingerprint density at radius 1 is 1.14 bits per heavy atom. The lowest BCUT2D eigenvalue weighted by Crippen LogP contribution is -2.23. The van der Waals surface area contributed by atoms with Crippen LogP contribution in [0.15, 0.2) is 41.8 Å². The molecule has 2 heterocycles. The average Bonchev–Trinajstić information content (AvgIpc) is 3.25. The van der Waals surface area contributed by atoms with E-state index in [-0.39, 0.29) is 5.91 Å². The van der Waals surface area contributed by atoms with Crippen molar-refractivity contribution in [2.45, 2.75) is 25.7 Å². The van der Waals surface area contributed by atoms with Gasteiger partial charge in [-0.1, -0.05) is 18.2 Å². The first-order chi connectivity index (χ1) is 10.8. The fourth-order valence-corrected chi connectivity index (χ4v) is 3.48. The summed E-state index contributed by atoms with van der Waals surface area (Å²) in [6, 6.07) is 12.7. The van der Waals surface area contributed by atoms with Gasteiger partial charge in [0.05, 0.1) is 4.88 Å². The molecule has 0 spiro atoms. The van der Waals surface area contributed by atoms with E-state index in [1.165, 1.54) is 48.5 Å². The van der Waals surface area contributed by atoms with Crippen LogP contribution in [0, 0.1) is 0 Å². The second-order valence-electron chi connectivity index (χ2n) is 5.70. The van der Waals surface area contributed by atoms with Crippen molar-refractivity contribution in [1.29, 1.82) is 0 Å². The zero-order valence-electron chi connectivity index (χ0n) is 12.8. The van der Waals surface area contributed by atoms with E-state index in [0.717, 1.165) is 24.3 Å². The molecule has 0 radical (unpaired) electrons. The molecule has 1 aliphatic rings. The molecule has 3 nitrogen and oxygen atoms in total. The molecule has 1 N–H and O–H groups in total. The normalized spacial score (nSPS) is 14.3. The third-order valence-corrected chi connectivity index (χ3v) is 4.95. The maximum atomic E-state index is 11.8. The minimum atomic E-state index is 0.0411. The van der Waals surface area contributed by atoms with Crippen LogP contribution in [0.2, 0.25) is 0 Å². The van der Waals surface area contributed by atoms with E-state index >= 15 is 0 Å². The van der Waals surface area contributed by atoms with Gasteiger partial charge in [-0.3, -0.25) is 4.79 Å². The van der Waals surface area contributed by atoms with Crippen molar-refractivity contribution in [3.05, 3.63) is 52.2 Å². The van der Waals surface area contributed by atoms with Crippen molar-refractivity contribution in [3.8, 4) is 0 Å². The molecule has 0 saturated carbocycles. The van der Waals surface area contributed by atoms with Crippen LogP contribution in [-0.2, 0) is 6.42 Å². The van der Waals surface area contributed by atoms with E-state index in [1.54, 1.807) is 0 Å². The van der Waals surface area contributed by atoms with E-state index in [1.807, 2.05) is 17.5 Å². The van der Waals surface area contributed by atoms with Crippen molar-refractivity contribution in [3.63, 3.8) is 0 Å². The van der Waals surface area contributed by atoms with Crippen molar-refractivity contribution in [2.75, 3.05) is 24.5 Å². The molecule has 1 aromatic carbocycles. The van der Waals surface area contributed by atoms with Gasteiger partial charge in [-0.25, -0.2) is 0 Å². The molecule has 2 aromatic rings. The summed E-state index contributed by atoms with van der Waals surface area (Å²) in [4.78, 5) is 15.0. The van der Waals surface area contributed by atoms with Gasteiger partial charge in [-0.05, 0) is 54.8 Å². The number of amides is 1. The van der Waals surface area contributed by atoms with Crippen LogP contribution in [0.25, 0.3) is 0 Å². The first kappa shape index (κ1) is 15.1. The molecule has 0 atom stereocenters. The lowest BCUT2D eigenvalue weighted by Gasteiger charge is -2.17. The SMILES string of the molecule is O=C(NCCCc1ccc(N2CCCC2)cc1)c1cccs1. The van der Waals surface area contributed by atoms with E-state index in [4.69, 9.17) is 0 Å². The highest BCUT2D eigenvalue weighted by Gasteiger charge is 2.11. The van der Waals surface area contributed by atoms with Crippen LogP contribution < -0.4 is 10.2 Å². The quantitative estimate of drug-likeness (QED) is 0.824. The van der Waals surface area contributed by atoms with Gasteiger partial charge in [-0.2, -0.15) is 0 Å². The summed E-state index contributed by atoms with van der Waals surface area (Å²) < 4.78 is 0. The Labute approximate surface area is 136 Å². The molecule has 0 bridgehead atoms. The minimum absolute atomic E-state index is 0.0411. The summed E-state index contributed by atoms with van der Waals surface area (Å²) in [5.41, 5.74) is 2.68. The Kier molecular flexibility index (Phi) is 5.11. The molecule has 116 valence electrons. The smallest absolute Gasteiger partial charge is 0.261 e. The molecule has 1 aromatic heterocycles. The lowest BCUT2D eigenvalue weighted by molar-refractivity contribution is 0.0957. The van der Waals surface area contributed by atoms with Gasteiger partial charge in [0.15, 0.2) is 0 Å². The minimum Gasteiger partial charge on any atom is -0.372 e. The number of aryl methyl sites for hydroxylation is 1. The molecular weight excluding hydrogens is 292 g/mol. The van der Waals surface area contributed by atoms with Gasteiger partial charge in [0.1, 0.15) is 0 Å². The Morgan fingerprint density at radius 2 is 1.91 bits per heavy atom. The predicted octanol–water partition coefficient (Wildman–Crippen LogP) is 3.71. The zero-order chi connectivity index (χ0) is 15.2. The van der Waals surface area contributed by atoms with Crippen LogP contribution in [0.4, 0.5) is 5.69 Å². The number of hydrogen-bond donors (Lipinski definition) is 1. The van der Waals surface area contributed by atoms with Crippen molar-refractivity contribution in [2.24, 2.45) is 0 Å². The summed E-state index contributed by atoms with van der Waals surface area (Å²) in [5.74, 6) is 0.0411. The van der Waals surface area contributed by atoms with Gasteiger partial charge < -0.3 is 10.2 Å². The van der Waals surface area contributed by atoms with E-state index in [0.29, 0.717) is 0 Å². The number of nitrogens with zero attached hydrogens (tertiary/aromatic N) is 1. The largest absolute Gasteiger partial charge is 0.372 e.